The number of thiol groups is 2. The molecule has 2 rings (SSSR count). The van der Waals surface area contributed by atoms with Gasteiger partial charge in [-0.2, -0.15) is 37.0 Å². The monoisotopic (exact) mass is 541 g/mol. The van der Waals surface area contributed by atoms with Gasteiger partial charge in [0.1, 0.15) is 18.1 Å². The fourth-order valence-corrected chi connectivity index (χ4v) is 4.31. The molecule has 0 fully saturated rings. The number of H-pyrrole nitrogens is 1. The quantitative estimate of drug-likeness (QED) is 0.158. The maximum atomic E-state index is 12.9. The van der Waals surface area contributed by atoms with Crippen molar-refractivity contribution in [2.24, 2.45) is 5.73 Å². The summed E-state index contributed by atoms with van der Waals surface area (Å²) in [6, 6.07) is 3.51. The summed E-state index contributed by atoms with van der Waals surface area (Å²) in [7, 11) is 0. The van der Waals surface area contributed by atoms with E-state index in [1.165, 1.54) is 11.8 Å². The van der Waals surface area contributed by atoms with Crippen LogP contribution in [0.5, 0.6) is 0 Å². The van der Waals surface area contributed by atoms with Crippen LogP contribution in [0.1, 0.15) is 12.0 Å². The molecule has 35 heavy (non-hydrogen) atoms. The van der Waals surface area contributed by atoms with Crippen LogP contribution >= 0.6 is 37.0 Å². The molecule has 0 aliphatic carbocycles. The predicted molar refractivity (Wildman–Crippen MR) is 144 cm³/mol. The smallest absolute Gasteiger partial charge is 0.327 e. The zero-order valence-electron chi connectivity index (χ0n) is 19.2. The number of carboxylic acids is 1. The number of carbonyl (C=O) groups is 4. The van der Waals surface area contributed by atoms with Gasteiger partial charge in [-0.1, -0.05) is 18.2 Å². The van der Waals surface area contributed by atoms with E-state index < -0.39 is 47.9 Å². The minimum atomic E-state index is -1.23. The molecule has 3 amide bonds. The maximum Gasteiger partial charge on any atom is 0.327 e. The summed E-state index contributed by atoms with van der Waals surface area (Å²) in [5.41, 5.74) is 7.91. The SMILES string of the molecule is CSCCC(NC(=O)C(CS)NC(=O)C(N)Cc1c[nH]c2ccccc12)C(=O)NC(CS)C(=O)O. The fraction of sp³-hybridized carbons (Fsp3) is 0.455. The van der Waals surface area contributed by atoms with Gasteiger partial charge in [-0.05, 0) is 36.5 Å². The minimum Gasteiger partial charge on any atom is -0.480 e. The molecule has 1 heterocycles. The van der Waals surface area contributed by atoms with Crippen molar-refractivity contribution in [2.75, 3.05) is 23.5 Å². The molecule has 0 saturated carbocycles. The number of rotatable bonds is 14. The van der Waals surface area contributed by atoms with E-state index in [4.69, 9.17) is 10.8 Å². The van der Waals surface area contributed by atoms with Crippen LogP contribution in [0.25, 0.3) is 10.9 Å². The van der Waals surface area contributed by atoms with Crippen LogP contribution < -0.4 is 21.7 Å². The first-order valence-electron chi connectivity index (χ1n) is 10.9. The summed E-state index contributed by atoms with van der Waals surface area (Å²) in [4.78, 5) is 52.5. The first kappa shape index (κ1) is 28.9. The lowest BCUT2D eigenvalue weighted by Gasteiger charge is -2.24. The second-order valence-corrected chi connectivity index (χ2v) is 9.55. The Morgan fingerprint density at radius 1 is 1.00 bits per heavy atom. The number of carbonyl (C=O) groups excluding carboxylic acids is 3. The summed E-state index contributed by atoms with van der Waals surface area (Å²) in [5.74, 6) is -2.61. The largest absolute Gasteiger partial charge is 0.480 e. The number of nitrogens with one attached hydrogen (secondary N) is 4. The van der Waals surface area contributed by atoms with E-state index in [9.17, 15) is 19.2 Å². The molecule has 2 aromatic rings. The first-order chi connectivity index (χ1) is 16.7. The molecule has 7 N–H and O–H groups in total. The molecule has 0 radical (unpaired) electrons. The van der Waals surface area contributed by atoms with Crippen molar-refractivity contribution in [1.82, 2.24) is 20.9 Å². The third kappa shape index (κ3) is 8.37. The molecule has 0 saturated heterocycles. The Balaban J connectivity index is 2.01. The van der Waals surface area contributed by atoms with Gasteiger partial charge in [0.2, 0.25) is 17.7 Å². The Hall–Kier alpha value is -2.35. The number of para-hydroxylation sites is 1. The molecule has 192 valence electrons. The summed E-state index contributed by atoms with van der Waals surface area (Å²) >= 11 is 9.57. The van der Waals surface area contributed by atoms with E-state index in [-0.39, 0.29) is 24.3 Å². The molecule has 10 nitrogen and oxygen atoms in total. The van der Waals surface area contributed by atoms with Crippen molar-refractivity contribution in [1.29, 1.82) is 0 Å². The van der Waals surface area contributed by atoms with Crippen molar-refractivity contribution in [3.8, 4) is 0 Å². The van der Waals surface area contributed by atoms with E-state index in [2.05, 4.69) is 46.2 Å². The Morgan fingerprint density at radius 3 is 2.23 bits per heavy atom. The maximum absolute atomic E-state index is 12.9. The van der Waals surface area contributed by atoms with Crippen LogP contribution in [0.3, 0.4) is 0 Å². The number of carboxylic acid groups (broad SMARTS) is 1. The van der Waals surface area contributed by atoms with Crippen molar-refractivity contribution in [2.45, 2.75) is 37.0 Å². The number of nitrogens with two attached hydrogens (primary N) is 1. The van der Waals surface area contributed by atoms with Crippen LogP contribution in [0, 0.1) is 0 Å². The average molecular weight is 542 g/mol. The summed E-state index contributed by atoms with van der Waals surface area (Å²) in [5, 5.41) is 17.7. The number of thioether (sulfide) groups is 1. The van der Waals surface area contributed by atoms with Crippen LogP contribution in [-0.2, 0) is 25.6 Å². The van der Waals surface area contributed by atoms with Crippen LogP contribution in [0.15, 0.2) is 30.5 Å². The Labute approximate surface area is 218 Å². The third-order valence-electron chi connectivity index (χ3n) is 5.31. The molecule has 0 aliphatic rings. The van der Waals surface area contributed by atoms with E-state index in [1.54, 1.807) is 6.20 Å². The van der Waals surface area contributed by atoms with Crippen molar-refractivity contribution in [3.05, 3.63) is 36.0 Å². The number of aliphatic carboxylic acids is 1. The highest BCUT2D eigenvalue weighted by Gasteiger charge is 2.29. The average Bonchev–Trinajstić information content (AvgIpc) is 3.25. The number of hydrogen-bond acceptors (Lipinski definition) is 8. The van der Waals surface area contributed by atoms with Crippen LogP contribution in [-0.4, -0.2) is 81.5 Å². The van der Waals surface area contributed by atoms with Gasteiger partial charge in [0, 0.05) is 28.6 Å². The van der Waals surface area contributed by atoms with Gasteiger partial charge < -0.3 is 31.8 Å². The molecule has 0 bridgehead atoms. The van der Waals surface area contributed by atoms with Gasteiger partial charge in [0.25, 0.3) is 0 Å². The van der Waals surface area contributed by atoms with Gasteiger partial charge in [0.15, 0.2) is 0 Å². The van der Waals surface area contributed by atoms with Gasteiger partial charge in [0.05, 0.1) is 6.04 Å². The molecule has 4 atom stereocenters. The number of benzene rings is 1. The molecular formula is C22H31N5O5S3. The number of aromatic nitrogens is 1. The molecule has 0 aliphatic heterocycles. The Morgan fingerprint density at radius 2 is 1.60 bits per heavy atom. The van der Waals surface area contributed by atoms with Gasteiger partial charge in [-0.3, -0.25) is 14.4 Å². The summed E-state index contributed by atoms with van der Waals surface area (Å²) in [6.45, 7) is 0. The zero-order valence-corrected chi connectivity index (χ0v) is 21.8. The summed E-state index contributed by atoms with van der Waals surface area (Å²) in [6.07, 6.45) is 4.17. The van der Waals surface area contributed by atoms with Crippen molar-refractivity contribution >= 4 is 71.6 Å². The number of aromatic amines is 1. The molecule has 0 spiro atoms. The molecule has 13 heteroatoms. The lowest BCUT2D eigenvalue weighted by molar-refractivity contribution is -0.141. The van der Waals surface area contributed by atoms with Crippen LogP contribution in [0.4, 0.5) is 0 Å². The van der Waals surface area contributed by atoms with E-state index in [0.717, 1.165) is 16.5 Å². The highest BCUT2D eigenvalue weighted by atomic mass is 32.2. The molecule has 1 aromatic heterocycles. The Kier molecular flexibility index (Phi) is 11.8. The van der Waals surface area contributed by atoms with Crippen molar-refractivity contribution < 1.29 is 24.3 Å². The third-order valence-corrected chi connectivity index (χ3v) is 6.68. The zero-order chi connectivity index (χ0) is 26.0. The summed E-state index contributed by atoms with van der Waals surface area (Å²) < 4.78 is 0. The lowest BCUT2D eigenvalue weighted by atomic mass is 10.0. The molecule has 4 unspecified atom stereocenters. The lowest BCUT2D eigenvalue weighted by Crippen LogP contribution is -2.58. The molecule has 1 aromatic carbocycles. The highest BCUT2D eigenvalue weighted by molar-refractivity contribution is 7.98. The van der Waals surface area contributed by atoms with Gasteiger partial charge >= 0.3 is 5.97 Å². The standard InChI is InChI=1S/C22H31N5O5S3/c1-35-7-6-16(20(29)27-18(11-34)22(31)32)25-21(30)17(10-33)26-19(28)14(23)8-12-9-24-15-5-3-2-4-13(12)15/h2-5,9,14,16-18,24,33-34H,6-8,10-11,23H2,1H3,(H,25,30)(H,26,28)(H,27,29)(H,31,32). The minimum absolute atomic E-state index is 0.0252. The number of amides is 3. The second kappa shape index (κ2) is 14.3. The van der Waals surface area contributed by atoms with Gasteiger partial charge in [-0.25, -0.2) is 4.79 Å². The number of fused-ring (bicyclic) bond motifs is 1. The van der Waals surface area contributed by atoms with Crippen LogP contribution in [0.2, 0.25) is 0 Å². The van der Waals surface area contributed by atoms with Crippen molar-refractivity contribution in [3.63, 3.8) is 0 Å². The van der Waals surface area contributed by atoms with E-state index >= 15 is 0 Å². The molecular weight excluding hydrogens is 510 g/mol. The van der Waals surface area contributed by atoms with Gasteiger partial charge in [-0.15, -0.1) is 0 Å². The highest BCUT2D eigenvalue weighted by Crippen LogP contribution is 2.18. The second-order valence-electron chi connectivity index (χ2n) is 7.84. The number of hydrogen-bond donors (Lipinski definition) is 8. The topological polar surface area (TPSA) is 166 Å². The Bertz CT molecular complexity index is 1030. The predicted octanol–water partition coefficient (Wildman–Crippen LogP) is 0.189. The van der Waals surface area contributed by atoms with E-state index in [1.807, 2.05) is 30.5 Å². The van der Waals surface area contributed by atoms with E-state index in [0.29, 0.717) is 5.75 Å². The fourth-order valence-electron chi connectivity index (χ4n) is 3.34. The first-order valence-corrected chi connectivity index (χ1v) is 13.5. The normalized spacial score (nSPS) is 14.5.